The normalized spacial score (nSPS) is 10.3. The summed E-state index contributed by atoms with van der Waals surface area (Å²) in [6.45, 7) is 0. The fraction of sp³-hybridized carbons (Fsp3) is 0. The van der Waals surface area contributed by atoms with Crippen LogP contribution in [0.4, 0.5) is 21.6 Å². The van der Waals surface area contributed by atoms with Crippen LogP contribution in [-0.4, -0.2) is 10.9 Å². The Labute approximate surface area is 173 Å². The number of nitrogens with zero attached hydrogens (tertiary/aromatic N) is 1. The standard InChI is InChI=1S/C24H18FN3O2/c25-18-12-10-17(11-13-18)24(29)27-19-14-15-23(26-16-19)28-21-8-4-5-9-22(21)30-20-6-2-1-3-7-20/h1-16H,(H,26,28)(H,27,29). The van der Waals surface area contributed by atoms with E-state index < -0.39 is 0 Å². The Hall–Kier alpha value is -4.19. The Morgan fingerprint density at radius 2 is 1.57 bits per heavy atom. The summed E-state index contributed by atoms with van der Waals surface area (Å²) in [5.74, 6) is 1.27. The lowest BCUT2D eigenvalue weighted by Gasteiger charge is -2.13. The van der Waals surface area contributed by atoms with Gasteiger partial charge in [-0.15, -0.1) is 0 Å². The first-order valence-electron chi connectivity index (χ1n) is 9.29. The number of benzene rings is 3. The van der Waals surface area contributed by atoms with Gasteiger partial charge in [0.1, 0.15) is 17.4 Å². The topological polar surface area (TPSA) is 63.2 Å². The minimum Gasteiger partial charge on any atom is -0.455 e. The third kappa shape index (κ3) is 4.80. The molecule has 0 radical (unpaired) electrons. The molecule has 2 N–H and O–H groups in total. The van der Waals surface area contributed by atoms with Crippen molar-refractivity contribution in [2.45, 2.75) is 0 Å². The number of amides is 1. The molecule has 4 aromatic rings. The molecule has 0 saturated carbocycles. The van der Waals surface area contributed by atoms with Crippen molar-refractivity contribution in [1.82, 2.24) is 4.98 Å². The first-order valence-corrected chi connectivity index (χ1v) is 9.29. The summed E-state index contributed by atoms with van der Waals surface area (Å²) >= 11 is 0. The molecule has 0 bridgehead atoms. The Morgan fingerprint density at radius 3 is 2.30 bits per heavy atom. The zero-order valence-electron chi connectivity index (χ0n) is 15.9. The van der Waals surface area contributed by atoms with E-state index in [9.17, 15) is 9.18 Å². The number of anilines is 3. The first kappa shape index (κ1) is 19.1. The zero-order chi connectivity index (χ0) is 20.8. The van der Waals surface area contributed by atoms with Crippen molar-refractivity contribution in [3.8, 4) is 11.5 Å². The van der Waals surface area contributed by atoms with Crippen molar-refractivity contribution in [3.05, 3.63) is 109 Å². The SMILES string of the molecule is O=C(Nc1ccc(Nc2ccccc2Oc2ccccc2)nc1)c1ccc(F)cc1. The van der Waals surface area contributed by atoms with Gasteiger partial charge < -0.3 is 15.4 Å². The summed E-state index contributed by atoms with van der Waals surface area (Å²) in [6, 6.07) is 25.9. The van der Waals surface area contributed by atoms with E-state index in [0.29, 0.717) is 22.8 Å². The smallest absolute Gasteiger partial charge is 0.255 e. The Kier molecular flexibility index (Phi) is 5.66. The van der Waals surface area contributed by atoms with Gasteiger partial charge >= 0.3 is 0 Å². The lowest BCUT2D eigenvalue weighted by Crippen LogP contribution is -2.12. The minimum absolute atomic E-state index is 0.334. The molecule has 0 atom stereocenters. The average Bonchev–Trinajstić information content (AvgIpc) is 2.77. The van der Waals surface area contributed by atoms with E-state index in [0.717, 1.165) is 11.4 Å². The molecule has 1 heterocycles. The largest absolute Gasteiger partial charge is 0.455 e. The second-order valence-corrected chi connectivity index (χ2v) is 6.43. The lowest BCUT2D eigenvalue weighted by atomic mass is 10.2. The van der Waals surface area contributed by atoms with Crippen molar-refractivity contribution in [2.75, 3.05) is 10.6 Å². The molecule has 0 spiro atoms. The second-order valence-electron chi connectivity index (χ2n) is 6.43. The molecule has 0 saturated heterocycles. The molecule has 148 valence electrons. The molecule has 30 heavy (non-hydrogen) atoms. The zero-order valence-corrected chi connectivity index (χ0v) is 15.9. The highest BCUT2D eigenvalue weighted by molar-refractivity contribution is 6.04. The van der Waals surface area contributed by atoms with Gasteiger partial charge in [0, 0.05) is 5.56 Å². The highest BCUT2D eigenvalue weighted by Gasteiger charge is 2.08. The average molecular weight is 399 g/mol. The van der Waals surface area contributed by atoms with Crippen LogP contribution in [-0.2, 0) is 0 Å². The van der Waals surface area contributed by atoms with Crippen molar-refractivity contribution in [2.24, 2.45) is 0 Å². The molecular weight excluding hydrogens is 381 g/mol. The van der Waals surface area contributed by atoms with Gasteiger partial charge in [-0.1, -0.05) is 30.3 Å². The maximum Gasteiger partial charge on any atom is 0.255 e. The number of nitrogens with one attached hydrogen (secondary N) is 2. The van der Waals surface area contributed by atoms with Gasteiger partial charge in [-0.05, 0) is 60.7 Å². The second kappa shape index (κ2) is 8.87. The molecule has 1 aromatic heterocycles. The lowest BCUT2D eigenvalue weighted by molar-refractivity contribution is 0.102. The highest BCUT2D eigenvalue weighted by Crippen LogP contribution is 2.31. The van der Waals surface area contributed by atoms with Crippen LogP contribution in [0, 0.1) is 5.82 Å². The molecule has 0 fully saturated rings. The van der Waals surface area contributed by atoms with E-state index in [1.807, 2.05) is 54.6 Å². The fourth-order valence-corrected chi connectivity index (χ4v) is 2.76. The number of ether oxygens (including phenoxy) is 1. The molecule has 1 amide bonds. The molecule has 0 aliphatic heterocycles. The molecule has 0 aliphatic carbocycles. The predicted molar refractivity (Wildman–Crippen MR) is 115 cm³/mol. The van der Waals surface area contributed by atoms with Crippen LogP contribution in [0.1, 0.15) is 10.4 Å². The first-order chi connectivity index (χ1) is 14.7. The van der Waals surface area contributed by atoms with Crippen LogP contribution in [0.15, 0.2) is 97.2 Å². The summed E-state index contributed by atoms with van der Waals surface area (Å²) in [5.41, 5.74) is 1.66. The maximum atomic E-state index is 13.0. The molecular formula is C24H18FN3O2. The minimum atomic E-state index is -0.389. The van der Waals surface area contributed by atoms with Crippen LogP contribution in [0.5, 0.6) is 11.5 Å². The molecule has 0 unspecified atom stereocenters. The van der Waals surface area contributed by atoms with E-state index in [1.165, 1.54) is 24.3 Å². The Morgan fingerprint density at radius 1 is 0.833 bits per heavy atom. The molecule has 4 rings (SSSR count). The summed E-state index contributed by atoms with van der Waals surface area (Å²) in [4.78, 5) is 16.6. The van der Waals surface area contributed by atoms with Gasteiger partial charge in [-0.3, -0.25) is 4.79 Å². The number of rotatable bonds is 6. The van der Waals surface area contributed by atoms with Gasteiger partial charge in [0.25, 0.3) is 5.91 Å². The third-order valence-electron chi connectivity index (χ3n) is 4.25. The highest BCUT2D eigenvalue weighted by atomic mass is 19.1. The van der Waals surface area contributed by atoms with Gasteiger partial charge in [0.15, 0.2) is 5.75 Å². The van der Waals surface area contributed by atoms with E-state index >= 15 is 0 Å². The number of carbonyl (C=O) groups is 1. The molecule has 3 aromatic carbocycles. The summed E-state index contributed by atoms with van der Waals surface area (Å²) in [6.07, 6.45) is 1.55. The van der Waals surface area contributed by atoms with E-state index in [4.69, 9.17) is 4.74 Å². The quantitative estimate of drug-likeness (QED) is 0.417. The Balaban J connectivity index is 1.44. The molecule has 6 heteroatoms. The van der Waals surface area contributed by atoms with Crippen molar-refractivity contribution in [3.63, 3.8) is 0 Å². The predicted octanol–water partition coefficient (Wildman–Crippen LogP) is 6.01. The van der Waals surface area contributed by atoms with Crippen LogP contribution in [0.25, 0.3) is 0 Å². The number of hydrogen-bond donors (Lipinski definition) is 2. The maximum absolute atomic E-state index is 13.0. The molecule has 0 aliphatic rings. The summed E-state index contributed by atoms with van der Waals surface area (Å²) in [7, 11) is 0. The van der Waals surface area contributed by atoms with Gasteiger partial charge in [-0.25, -0.2) is 9.37 Å². The monoisotopic (exact) mass is 399 g/mol. The summed E-state index contributed by atoms with van der Waals surface area (Å²) < 4.78 is 18.9. The number of hydrogen-bond acceptors (Lipinski definition) is 4. The number of para-hydroxylation sites is 3. The van der Waals surface area contributed by atoms with Crippen LogP contribution in [0.3, 0.4) is 0 Å². The van der Waals surface area contributed by atoms with Gasteiger partial charge in [0.2, 0.25) is 0 Å². The van der Waals surface area contributed by atoms with Crippen molar-refractivity contribution >= 4 is 23.1 Å². The van der Waals surface area contributed by atoms with Crippen molar-refractivity contribution < 1.29 is 13.9 Å². The van der Waals surface area contributed by atoms with E-state index in [1.54, 1.807) is 18.3 Å². The van der Waals surface area contributed by atoms with Crippen LogP contribution >= 0.6 is 0 Å². The molecule has 5 nitrogen and oxygen atoms in total. The summed E-state index contributed by atoms with van der Waals surface area (Å²) in [5, 5.41) is 5.96. The van der Waals surface area contributed by atoms with Crippen molar-refractivity contribution in [1.29, 1.82) is 0 Å². The van der Waals surface area contributed by atoms with E-state index in [2.05, 4.69) is 15.6 Å². The van der Waals surface area contributed by atoms with Crippen LogP contribution in [0.2, 0.25) is 0 Å². The number of pyridine rings is 1. The number of carbonyl (C=O) groups excluding carboxylic acids is 1. The fourth-order valence-electron chi connectivity index (χ4n) is 2.76. The number of aromatic nitrogens is 1. The third-order valence-corrected chi connectivity index (χ3v) is 4.25. The van der Waals surface area contributed by atoms with Gasteiger partial charge in [-0.2, -0.15) is 0 Å². The van der Waals surface area contributed by atoms with E-state index in [-0.39, 0.29) is 11.7 Å². The van der Waals surface area contributed by atoms with Crippen LogP contribution < -0.4 is 15.4 Å². The number of halogens is 1. The van der Waals surface area contributed by atoms with Gasteiger partial charge in [0.05, 0.1) is 17.6 Å². The Bertz CT molecular complexity index is 1130.